The molecule has 0 radical (unpaired) electrons. The first-order valence-corrected chi connectivity index (χ1v) is 6.56. The maximum atomic E-state index is 11.9. The van der Waals surface area contributed by atoms with Crippen molar-refractivity contribution in [2.45, 2.75) is 12.8 Å². The summed E-state index contributed by atoms with van der Waals surface area (Å²) in [7, 11) is 0. The van der Waals surface area contributed by atoms with Crippen LogP contribution in [0.2, 0.25) is 0 Å². The van der Waals surface area contributed by atoms with Crippen molar-refractivity contribution in [2.75, 3.05) is 11.9 Å². The lowest BCUT2D eigenvalue weighted by Crippen LogP contribution is -2.40. The van der Waals surface area contributed by atoms with E-state index in [4.69, 9.17) is 0 Å². The average molecular weight is 344 g/mol. The summed E-state index contributed by atoms with van der Waals surface area (Å²) in [6.45, 7) is 0.440. The fourth-order valence-corrected chi connectivity index (χ4v) is 2.09. The van der Waals surface area contributed by atoms with Gasteiger partial charge in [-0.25, -0.2) is 0 Å². The van der Waals surface area contributed by atoms with Gasteiger partial charge in [0.05, 0.1) is 5.92 Å². The van der Waals surface area contributed by atoms with Gasteiger partial charge < -0.3 is 10.6 Å². The van der Waals surface area contributed by atoms with Gasteiger partial charge >= 0.3 is 0 Å². The molecule has 0 bridgehead atoms. The molecule has 1 aromatic rings. The van der Waals surface area contributed by atoms with E-state index in [0.29, 0.717) is 19.4 Å². The van der Waals surface area contributed by atoms with Crippen LogP contribution in [0.1, 0.15) is 12.8 Å². The van der Waals surface area contributed by atoms with Crippen LogP contribution >= 0.6 is 22.6 Å². The molecule has 2 amide bonds. The highest BCUT2D eigenvalue weighted by atomic mass is 127. The van der Waals surface area contributed by atoms with Gasteiger partial charge in [0.15, 0.2) is 0 Å². The van der Waals surface area contributed by atoms with Crippen molar-refractivity contribution in [1.29, 1.82) is 0 Å². The molecule has 5 heteroatoms. The Balaban J connectivity index is 1.92. The summed E-state index contributed by atoms with van der Waals surface area (Å²) < 4.78 is 1.13. The van der Waals surface area contributed by atoms with Gasteiger partial charge in [-0.2, -0.15) is 0 Å². The Kier molecular flexibility index (Phi) is 3.98. The smallest absolute Gasteiger partial charge is 0.229 e. The predicted octanol–water partition coefficient (Wildman–Crippen LogP) is 1.76. The van der Waals surface area contributed by atoms with Crippen LogP contribution in [-0.4, -0.2) is 18.4 Å². The third kappa shape index (κ3) is 3.42. The van der Waals surface area contributed by atoms with E-state index in [-0.39, 0.29) is 17.7 Å². The standard InChI is InChI=1S/C12H13IN2O2/c13-9-2-4-10(5-3-9)15-12(17)8-1-6-11(16)14-7-8/h2-5,8H,1,6-7H2,(H,14,16)(H,15,17). The molecule has 1 unspecified atom stereocenters. The Morgan fingerprint density at radius 3 is 2.65 bits per heavy atom. The third-order valence-corrected chi connectivity index (χ3v) is 3.47. The molecule has 1 atom stereocenters. The highest BCUT2D eigenvalue weighted by molar-refractivity contribution is 14.1. The number of rotatable bonds is 2. The monoisotopic (exact) mass is 344 g/mol. The molecule has 0 aliphatic carbocycles. The molecule has 1 saturated heterocycles. The number of hydrogen-bond acceptors (Lipinski definition) is 2. The van der Waals surface area contributed by atoms with Crippen LogP contribution in [-0.2, 0) is 9.59 Å². The number of benzene rings is 1. The number of hydrogen-bond donors (Lipinski definition) is 2. The van der Waals surface area contributed by atoms with Gasteiger partial charge in [-0.1, -0.05) is 0 Å². The molecule has 4 nitrogen and oxygen atoms in total. The summed E-state index contributed by atoms with van der Waals surface area (Å²) in [6, 6.07) is 7.64. The quantitative estimate of drug-likeness (QED) is 0.804. The Bertz CT molecular complexity index is 421. The largest absolute Gasteiger partial charge is 0.355 e. The second-order valence-corrected chi connectivity index (χ2v) is 5.28. The van der Waals surface area contributed by atoms with Crippen LogP contribution in [0.25, 0.3) is 0 Å². The van der Waals surface area contributed by atoms with Crippen LogP contribution in [0.3, 0.4) is 0 Å². The van der Waals surface area contributed by atoms with Crippen LogP contribution in [0.15, 0.2) is 24.3 Å². The zero-order valence-corrected chi connectivity index (χ0v) is 11.4. The van der Waals surface area contributed by atoms with E-state index >= 15 is 0 Å². The van der Waals surface area contributed by atoms with Crippen molar-refractivity contribution < 1.29 is 9.59 Å². The average Bonchev–Trinajstić information content (AvgIpc) is 2.33. The van der Waals surface area contributed by atoms with E-state index < -0.39 is 0 Å². The fourth-order valence-electron chi connectivity index (χ4n) is 1.73. The normalized spacial score (nSPS) is 19.6. The van der Waals surface area contributed by atoms with E-state index in [9.17, 15) is 9.59 Å². The van der Waals surface area contributed by atoms with Crippen LogP contribution in [0.4, 0.5) is 5.69 Å². The maximum absolute atomic E-state index is 11.9. The zero-order valence-electron chi connectivity index (χ0n) is 9.20. The molecule has 0 aromatic heterocycles. The molecule has 0 spiro atoms. The second kappa shape index (κ2) is 5.48. The van der Waals surface area contributed by atoms with Gasteiger partial charge in [0.25, 0.3) is 0 Å². The molecular weight excluding hydrogens is 331 g/mol. The summed E-state index contributed by atoms with van der Waals surface area (Å²) >= 11 is 2.22. The Morgan fingerprint density at radius 1 is 1.35 bits per heavy atom. The molecule has 2 rings (SSSR count). The molecule has 1 heterocycles. The van der Waals surface area contributed by atoms with Crippen molar-refractivity contribution in [3.8, 4) is 0 Å². The van der Waals surface area contributed by atoms with Crippen LogP contribution in [0, 0.1) is 9.49 Å². The summed E-state index contributed by atoms with van der Waals surface area (Å²) in [6.07, 6.45) is 1.06. The van der Waals surface area contributed by atoms with Gasteiger partial charge in [-0.3, -0.25) is 9.59 Å². The molecular formula is C12H13IN2O2. The van der Waals surface area contributed by atoms with Crippen molar-refractivity contribution in [1.82, 2.24) is 5.32 Å². The second-order valence-electron chi connectivity index (χ2n) is 4.04. The lowest BCUT2D eigenvalue weighted by atomic mass is 9.98. The number of anilines is 1. The summed E-state index contributed by atoms with van der Waals surface area (Å²) in [4.78, 5) is 22.9. The van der Waals surface area contributed by atoms with Crippen molar-refractivity contribution in [3.63, 3.8) is 0 Å². The lowest BCUT2D eigenvalue weighted by molar-refractivity contribution is -0.126. The van der Waals surface area contributed by atoms with Gasteiger partial charge in [0.2, 0.25) is 11.8 Å². The number of nitrogens with one attached hydrogen (secondary N) is 2. The Labute approximate surface area is 113 Å². The zero-order chi connectivity index (χ0) is 12.3. The van der Waals surface area contributed by atoms with E-state index in [1.165, 1.54) is 0 Å². The minimum absolute atomic E-state index is 0.0220. The van der Waals surface area contributed by atoms with Gasteiger partial charge in [-0.15, -0.1) is 0 Å². The number of carbonyl (C=O) groups excluding carboxylic acids is 2. The first-order chi connectivity index (χ1) is 8.15. The van der Waals surface area contributed by atoms with Crippen molar-refractivity contribution in [3.05, 3.63) is 27.8 Å². The molecule has 1 fully saturated rings. The number of piperidine rings is 1. The number of halogens is 1. The molecule has 1 aromatic carbocycles. The first kappa shape index (κ1) is 12.3. The topological polar surface area (TPSA) is 58.2 Å². The minimum Gasteiger partial charge on any atom is -0.355 e. The van der Waals surface area contributed by atoms with E-state index in [2.05, 4.69) is 33.2 Å². The molecule has 90 valence electrons. The minimum atomic E-state index is -0.119. The van der Waals surface area contributed by atoms with E-state index in [0.717, 1.165) is 9.26 Å². The van der Waals surface area contributed by atoms with Gasteiger partial charge in [-0.05, 0) is 53.3 Å². The molecule has 17 heavy (non-hydrogen) atoms. The summed E-state index contributed by atoms with van der Waals surface area (Å²) in [5.41, 5.74) is 0.798. The first-order valence-electron chi connectivity index (χ1n) is 5.48. The number of carbonyl (C=O) groups is 2. The van der Waals surface area contributed by atoms with E-state index in [1.807, 2.05) is 24.3 Å². The third-order valence-electron chi connectivity index (χ3n) is 2.75. The highest BCUT2D eigenvalue weighted by Gasteiger charge is 2.24. The molecule has 2 N–H and O–H groups in total. The fraction of sp³-hybridized carbons (Fsp3) is 0.333. The van der Waals surface area contributed by atoms with Crippen molar-refractivity contribution in [2.24, 2.45) is 5.92 Å². The number of amides is 2. The molecule has 1 aliphatic rings. The Morgan fingerprint density at radius 2 is 2.06 bits per heavy atom. The summed E-state index contributed by atoms with van der Waals surface area (Å²) in [5, 5.41) is 5.57. The molecule has 1 aliphatic heterocycles. The van der Waals surface area contributed by atoms with Crippen LogP contribution in [0.5, 0.6) is 0 Å². The van der Waals surface area contributed by atoms with Crippen molar-refractivity contribution >= 4 is 40.1 Å². The SMILES string of the molecule is O=C1CCC(C(=O)Nc2ccc(I)cc2)CN1. The highest BCUT2D eigenvalue weighted by Crippen LogP contribution is 2.15. The maximum Gasteiger partial charge on any atom is 0.229 e. The lowest BCUT2D eigenvalue weighted by Gasteiger charge is -2.21. The van der Waals surface area contributed by atoms with Crippen LogP contribution < -0.4 is 10.6 Å². The summed E-state index contributed by atoms with van der Waals surface area (Å²) in [5.74, 6) is -0.110. The molecule has 0 saturated carbocycles. The predicted molar refractivity (Wildman–Crippen MR) is 73.5 cm³/mol. The Hall–Kier alpha value is -1.11. The van der Waals surface area contributed by atoms with Gasteiger partial charge in [0.1, 0.15) is 0 Å². The van der Waals surface area contributed by atoms with Gasteiger partial charge in [0, 0.05) is 22.2 Å². The van der Waals surface area contributed by atoms with E-state index in [1.54, 1.807) is 0 Å².